The normalized spacial score (nSPS) is 16.4. The van der Waals surface area contributed by atoms with Gasteiger partial charge in [-0.1, -0.05) is 36.4 Å². The van der Waals surface area contributed by atoms with Gasteiger partial charge < -0.3 is 21.4 Å². The number of hydrogen-bond donors (Lipinski definition) is 3. The van der Waals surface area contributed by atoms with Crippen LogP contribution in [0.1, 0.15) is 61.3 Å². The van der Waals surface area contributed by atoms with Gasteiger partial charge in [0.25, 0.3) is 0 Å². The van der Waals surface area contributed by atoms with E-state index in [-0.39, 0.29) is 37.3 Å². The third-order valence-corrected chi connectivity index (χ3v) is 8.86. The van der Waals surface area contributed by atoms with Crippen LogP contribution < -0.4 is 20.9 Å². The number of nitrogens with one attached hydrogen (secondary N) is 2. The molecule has 1 saturated heterocycles. The first kappa shape index (κ1) is 34.1. The Labute approximate surface area is 271 Å². The number of nitrogen functional groups attached to an aromatic ring is 1. The van der Waals surface area contributed by atoms with E-state index in [0.717, 1.165) is 29.8 Å². The molecule has 5 rings (SSSR count). The van der Waals surface area contributed by atoms with Gasteiger partial charge in [0.1, 0.15) is 6.04 Å². The van der Waals surface area contributed by atoms with E-state index in [1.165, 1.54) is 16.7 Å². The van der Waals surface area contributed by atoms with Gasteiger partial charge in [-0.2, -0.15) is 5.26 Å². The van der Waals surface area contributed by atoms with Crippen molar-refractivity contribution in [1.82, 2.24) is 5.32 Å². The van der Waals surface area contributed by atoms with E-state index in [1.807, 2.05) is 24.5 Å². The average Bonchev–Trinajstić information content (AvgIpc) is 3.51. The molecule has 9 nitrogen and oxygen atoms in total. The molecule has 0 aromatic heterocycles. The Morgan fingerprint density at radius 3 is 2.52 bits per heavy atom. The highest BCUT2D eigenvalue weighted by Gasteiger charge is 2.38. The van der Waals surface area contributed by atoms with Crippen molar-refractivity contribution in [3.05, 3.63) is 83.4 Å². The molecule has 0 spiro atoms. The number of thioether (sulfide) groups is 1. The number of nitrogens with two attached hydrogens (primary N) is 1. The molecule has 3 aromatic rings. The summed E-state index contributed by atoms with van der Waals surface area (Å²) in [5, 5.41) is 19.1. The van der Waals surface area contributed by atoms with Crippen molar-refractivity contribution in [1.29, 1.82) is 10.7 Å². The van der Waals surface area contributed by atoms with Gasteiger partial charge >= 0.3 is 0 Å². The van der Waals surface area contributed by atoms with Crippen LogP contribution in [0.25, 0.3) is 0 Å². The van der Waals surface area contributed by atoms with Crippen molar-refractivity contribution in [2.75, 3.05) is 28.3 Å². The quantitative estimate of drug-likeness (QED) is 0.111. The second-order valence-electron chi connectivity index (χ2n) is 11.0. The molecule has 3 aromatic carbocycles. The number of amides is 3. The van der Waals surface area contributed by atoms with Gasteiger partial charge in [-0.15, -0.1) is 11.8 Å². The standard InChI is InChI=1S/C23H26F2N4O2S.C11H10N2O/c1-32-19-8-3-2-6-17(19)21(22(31)28-16-9-11-23(24,25)12-10-16)29(14-30)18-7-4-5-15(13-26)20(18)27;12-8-9-3-1-4-10(7-9)13-6-2-5-11(13)14/h2-8,13-14,16,21,26H,9-12,27H2,1H3,(H,28,31);1,3-4,7H,2,5-6H2. The first-order valence-corrected chi connectivity index (χ1v) is 16.1. The second kappa shape index (κ2) is 15.5. The van der Waals surface area contributed by atoms with E-state index in [0.29, 0.717) is 35.2 Å². The van der Waals surface area contributed by atoms with Gasteiger partial charge in [-0.05, 0) is 61.4 Å². The predicted molar refractivity (Wildman–Crippen MR) is 176 cm³/mol. The molecule has 1 aliphatic carbocycles. The number of alkyl halides is 2. The molecule has 0 radical (unpaired) electrons. The molecule has 1 heterocycles. The number of hydrogen-bond acceptors (Lipinski definition) is 7. The van der Waals surface area contributed by atoms with E-state index in [2.05, 4.69) is 11.4 Å². The van der Waals surface area contributed by atoms with Crippen molar-refractivity contribution in [2.24, 2.45) is 0 Å². The first-order valence-electron chi connectivity index (χ1n) is 14.9. The van der Waals surface area contributed by atoms with Crippen molar-refractivity contribution in [3.63, 3.8) is 0 Å². The van der Waals surface area contributed by atoms with Crippen molar-refractivity contribution in [3.8, 4) is 6.07 Å². The lowest BCUT2D eigenvalue weighted by molar-refractivity contribution is -0.125. The van der Waals surface area contributed by atoms with Crippen LogP contribution >= 0.6 is 11.8 Å². The maximum atomic E-state index is 13.6. The van der Waals surface area contributed by atoms with E-state index >= 15 is 0 Å². The zero-order chi connectivity index (χ0) is 33.3. The van der Waals surface area contributed by atoms with Crippen molar-refractivity contribution in [2.45, 2.75) is 61.4 Å². The Morgan fingerprint density at radius 2 is 1.89 bits per heavy atom. The van der Waals surface area contributed by atoms with Crippen LogP contribution in [0, 0.1) is 16.7 Å². The largest absolute Gasteiger partial charge is 0.397 e. The molecule has 1 atom stereocenters. The highest BCUT2D eigenvalue weighted by atomic mass is 32.2. The number of benzene rings is 3. The fourth-order valence-electron chi connectivity index (χ4n) is 5.62. The number of carbonyl (C=O) groups is 3. The maximum Gasteiger partial charge on any atom is 0.248 e. The summed E-state index contributed by atoms with van der Waals surface area (Å²) in [5.41, 5.74) is 9.16. The fraction of sp³-hybridized carbons (Fsp3) is 0.324. The molecule has 12 heteroatoms. The number of para-hydroxylation sites is 1. The molecule has 1 unspecified atom stereocenters. The van der Waals surface area contributed by atoms with Crippen LogP contribution in [-0.2, 0) is 14.4 Å². The number of carbonyl (C=O) groups excluding carboxylic acids is 3. The molecule has 2 fully saturated rings. The Balaban J connectivity index is 0.000000284. The third kappa shape index (κ3) is 8.09. The summed E-state index contributed by atoms with van der Waals surface area (Å²) < 4.78 is 27.1. The zero-order valence-electron chi connectivity index (χ0n) is 25.4. The number of nitrogens with zero attached hydrogens (tertiary/aromatic N) is 3. The summed E-state index contributed by atoms with van der Waals surface area (Å²) in [5.74, 6) is -3.02. The van der Waals surface area contributed by atoms with Crippen molar-refractivity contribution < 1.29 is 23.2 Å². The van der Waals surface area contributed by atoms with Crippen LogP contribution in [0.15, 0.2) is 71.6 Å². The Hall–Kier alpha value is -4.76. The minimum atomic E-state index is -2.71. The van der Waals surface area contributed by atoms with Crippen LogP contribution in [0.3, 0.4) is 0 Å². The highest BCUT2D eigenvalue weighted by Crippen LogP contribution is 2.37. The maximum absolute atomic E-state index is 13.6. The van der Waals surface area contributed by atoms with Crippen LogP contribution in [0.5, 0.6) is 0 Å². The molecular formula is C34H36F2N6O3S. The summed E-state index contributed by atoms with van der Waals surface area (Å²) in [6.07, 6.45) is 4.79. The molecule has 0 bridgehead atoms. The molecule has 3 amide bonds. The van der Waals surface area contributed by atoms with Gasteiger partial charge in [0.2, 0.25) is 24.1 Å². The van der Waals surface area contributed by atoms with Crippen LogP contribution in [0.2, 0.25) is 0 Å². The number of rotatable bonds is 9. The molecule has 2 aliphatic rings. The lowest BCUT2D eigenvalue weighted by Gasteiger charge is -2.33. The molecule has 1 aliphatic heterocycles. The molecule has 4 N–H and O–H groups in total. The molecule has 240 valence electrons. The van der Waals surface area contributed by atoms with Gasteiger partial charge in [0, 0.05) is 54.2 Å². The summed E-state index contributed by atoms with van der Waals surface area (Å²) in [7, 11) is 0. The Morgan fingerprint density at radius 1 is 1.17 bits per heavy atom. The molecule has 46 heavy (non-hydrogen) atoms. The monoisotopic (exact) mass is 646 g/mol. The molecule has 1 saturated carbocycles. The highest BCUT2D eigenvalue weighted by molar-refractivity contribution is 7.98. The van der Waals surface area contributed by atoms with Crippen LogP contribution in [-0.4, -0.2) is 49.2 Å². The minimum Gasteiger partial charge on any atom is -0.397 e. The van der Waals surface area contributed by atoms with Gasteiger partial charge in [-0.3, -0.25) is 19.3 Å². The van der Waals surface area contributed by atoms with Gasteiger partial charge in [0.15, 0.2) is 0 Å². The van der Waals surface area contributed by atoms with Crippen molar-refractivity contribution >= 4 is 53.3 Å². The average molecular weight is 647 g/mol. The third-order valence-electron chi connectivity index (χ3n) is 8.05. The summed E-state index contributed by atoms with van der Waals surface area (Å²) in [6.45, 7) is 0.772. The summed E-state index contributed by atoms with van der Waals surface area (Å²) in [6, 6.07) is 19.9. The van der Waals surface area contributed by atoms with E-state index < -0.39 is 23.9 Å². The Kier molecular flexibility index (Phi) is 11.5. The lowest BCUT2D eigenvalue weighted by atomic mass is 9.91. The minimum absolute atomic E-state index is 0.153. The number of anilines is 3. The smallest absolute Gasteiger partial charge is 0.248 e. The van der Waals surface area contributed by atoms with Gasteiger partial charge in [0.05, 0.1) is 23.0 Å². The van der Waals surface area contributed by atoms with Crippen LogP contribution in [0.4, 0.5) is 25.8 Å². The zero-order valence-corrected chi connectivity index (χ0v) is 26.2. The molecular weight excluding hydrogens is 610 g/mol. The lowest BCUT2D eigenvalue weighted by Crippen LogP contribution is -2.46. The first-order chi connectivity index (χ1) is 22.1. The van der Waals surface area contributed by atoms with Gasteiger partial charge in [-0.25, -0.2) is 8.78 Å². The fourth-order valence-corrected chi connectivity index (χ4v) is 6.25. The number of halogens is 2. The topological polar surface area (TPSA) is 143 Å². The van der Waals surface area contributed by atoms with E-state index in [4.69, 9.17) is 16.4 Å². The number of nitriles is 1. The SMILES string of the molecule is CSc1ccccc1C(C(=O)NC1CCC(F)(F)CC1)N(C=O)c1cccc(C=N)c1N.N#Cc1cccc(N2CCCC2=O)c1. The summed E-state index contributed by atoms with van der Waals surface area (Å²) in [4.78, 5) is 41.0. The van der Waals surface area contributed by atoms with E-state index in [1.54, 1.807) is 53.4 Å². The second-order valence-corrected chi connectivity index (χ2v) is 11.9. The predicted octanol–water partition coefficient (Wildman–Crippen LogP) is 6.07. The van der Waals surface area contributed by atoms with E-state index in [9.17, 15) is 23.2 Å². The Bertz CT molecular complexity index is 1620. The summed E-state index contributed by atoms with van der Waals surface area (Å²) >= 11 is 1.43.